The molecule has 0 aliphatic carbocycles. The molecular formula is C42H38F8N10O3S. The molecule has 7 aromatic rings. The highest BCUT2D eigenvalue weighted by molar-refractivity contribution is 8.13. The van der Waals surface area contributed by atoms with Gasteiger partial charge < -0.3 is 33.1 Å². The Morgan fingerprint density at radius 3 is 1.73 bits per heavy atom. The summed E-state index contributed by atoms with van der Waals surface area (Å²) < 4.78 is 129. The number of amidine groups is 1. The largest absolute Gasteiger partial charge is 0.481 e. The van der Waals surface area contributed by atoms with E-state index in [0.29, 0.717) is 72.1 Å². The molecule has 0 amide bonds. The molecule has 9 rings (SSSR count). The molecule has 0 spiro atoms. The first-order chi connectivity index (χ1) is 30.6. The van der Waals surface area contributed by atoms with Gasteiger partial charge in [-0.15, -0.1) is 10.2 Å². The van der Waals surface area contributed by atoms with E-state index in [2.05, 4.69) is 25.2 Å². The minimum Gasteiger partial charge on any atom is -0.481 e. The van der Waals surface area contributed by atoms with E-state index in [9.17, 15) is 35.1 Å². The minimum absolute atomic E-state index is 0.121. The van der Waals surface area contributed by atoms with Gasteiger partial charge in [-0.2, -0.15) is 26.3 Å². The van der Waals surface area contributed by atoms with Crippen molar-refractivity contribution in [3.05, 3.63) is 114 Å². The number of rotatable bonds is 9. The topological polar surface area (TPSA) is 113 Å². The molecule has 0 saturated carbocycles. The van der Waals surface area contributed by atoms with Gasteiger partial charge in [0.15, 0.2) is 11.0 Å². The summed E-state index contributed by atoms with van der Waals surface area (Å²) in [6.45, 7) is 2.00. The number of nitrogens with zero attached hydrogens (tertiary/aromatic N) is 10. The third kappa shape index (κ3) is 8.75. The van der Waals surface area contributed by atoms with E-state index in [1.807, 2.05) is 16.1 Å². The van der Waals surface area contributed by atoms with Crippen molar-refractivity contribution < 1.29 is 49.3 Å². The summed E-state index contributed by atoms with van der Waals surface area (Å²) in [6, 6.07) is 13.6. The summed E-state index contributed by atoms with van der Waals surface area (Å²) in [7, 11) is 4.59. The Morgan fingerprint density at radius 2 is 1.27 bits per heavy atom. The molecule has 0 atom stereocenters. The number of pyridine rings is 2. The summed E-state index contributed by atoms with van der Waals surface area (Å²) in [6.07, 6.45) is -1.90. The maximum Gasteiger partial charge on any atom is 0.418 e. The fourth-order valence-corrected chi connectivity index (χ4v) is 8.24. The van der Waals surface area contributed by atoms with E-state index in [0.717, 1.165) is 29.7 Å². The molecule has 2 aromatic carbocycles. The zero-order chi connectivity index (χ0) is 45.5. The van der Waals surface area contributed by atoms with Crippen LogP contribution < -0.4 is 14.4 Å². The molecule has 5 aromatic heterocycles. The number of aliphatic imine (C=N–C) groups is 1. The van der Waals surface area contributed by atoms with Crippen LogP contribution in [0.25, 0.3) is 27.5 Å². The first kappa shape index (κ1) is 44.2. The molecule has 64 heavy (non-hydrogen) atoms. The highest BCUT2D eigenvalue weighted by atomic mass is 32.2. The van der Waals surface area contributed by atoms with Gasteiger partial charge in [-0.3, -0.25) is 4.57 Å². The third-order valence-electron chi connectivity index (χ3n) is 10.8. The second-order valence-corrected chi connectivity index (χ2v) is 15.5. The van der Waals surface area contributed by atoms with Gasteiger partial charge in [-0.25, -0.2) is 23.7 Å². The lowest BCUT2D eigenvalue weighted by Gasteiger charge is -2.41. The predicted octanol–water partition coefficient (Wildman–Crippen LogP) is 9.10. The number of benzene rings is 2. The maximum atomic E-state index is 13.7. The van der Waals surface area contributed by atoms with Gasteiger partial charge >= 0.3 is 12.4 Å². The lowest BCUT2D eigenvalue weighted by Crippen LogP contribution is -2.49. The second-order valence-electron chi connectivity index (χ2n) is 14.7. The SMILES string of the molecule is COCc1nnc(N2CC(n3cc(C(F)(F)F)c4cc(F)ccc43)C2)n1-c1ccc(OC)nc1.COc1ccc(N=C(SC)N2CC(n3cc(C(F)(F)F)c4cc(F)ccc43)C2)cn1. The third-order valence-corrected chi connectivity index (χ3v) is 11.5. The number of thioether (sulfide) groups is 1. The standard InChI is InChI=1S/C22H20F4N6O2.C20H18F4N4OS/c1-33-12-19-28-29-21(32(19)14-4-6-20(34-2)27-8-14)30-9-15(10-30)31-11-17(22(24,25)26)16-7-13(23)3-5-18(16)31;1-29-18-6-4-13(8-25-18)26-19(30-2)27-9-14(10-27)28-11-16(20(22,23)24)15-7-12(21)3-5-17(15)28/h3-8,11,15H,9-10,12H2,1-2H3;3-8,11,14H,9-10H2,1-2H3. The molecule has 0 radical (unpaired) electrons. The highest BCUT2D eigenvalue weighted by Gasteiger charge is 2.40. The monoisotopic (exact) mass is 914 g/mol. The van der Waals surface area contributed by atoms with E-state index in [4.69, 9.17) is 14.2 Å². The van der Waals surface area contributed by atoms with Gasteiger partial charge in [0.25, 0.3) is 0 Å². The number of anilines is 1. The van der Waals surface area contributed by atoms with Crippen LogP contribution in [0.15, 0.2) is 90.4 Å². The lowest BCUT2D eigenvalue weighted by atomic mass is 10.1. The number of alkyl halides is 6. The van der Waals surface area contributed by atoms with Crippen LogP contribution in [0.4, 0.5) is 46.8 Å². The molecule has 2 fully saturated rings. The van der Waals surface area contributed by atoms with Gasteiger partial charge in [-0.1, -0.05) is 11.8 Å². The van der Waals surface area contributed by atoms with E-state index in [-0.39, 0.29) is 29.5 Å². The van der Waals surface area contributed by atoms with Crippen molar-refractivity contribution in [1.29, 1.82) is 0 Å². The van der Waals surface area contributed by atoms with Crippen molar-refractivity contribution in [1.82, 2.24) is 38.8 Å². The Balaban J connectivity index is 0.000000176. The average molecular weight is 915 g/mol. The summed E-state index contributed by atoms with van der Waals surface area (Å²) >= 11 is 1.45. The van der Waals surface area contributed by atoms with Crippen LogP contribution in [0.1, 0.15) is 29.0 Å². The molecule has 7 heterocycles. The van der Waals surface area contributed by atoms with Gasteiger partial charge in [0, 0.05) is 79.6 Å². The van der Waals surface area contributed by atoms with Crippen LogP contribution in [-0.4, -0.2) is 97.7 Å². The van der Waals surface area contributed by atoms with Crippen molar-refractivity contribution in [3.63, 3.8) is 0 Å². The Labute approximate surface area is 363 Å². The quantitative estimate of drug-likeness (QED) is 0.0790. The number of likely N-dealkylation sites (tertiary alicyclic amines) is 1. The Bertz CT molecular complexity index is 2800. The number of methoxy groups -OCH3 is 3. The van der Waals surface area contributed by atoms with Gasteiger partial charge in [0.2, 0.25) is 17.7 Å². The molecule has 22 heteroatoms. The van der Waals surface area contributed by atoms with Crippen LogP contribution in [0.5, 0.6) is 11.8 Å². The predicted molar refractivity (Wildman–Crippen MR) is 223 cm³/mol. The molecule has 0 N–H and O–H groups in total. The second kappa shape index (κ2) is 17.6. The van der Waals surface area contributed by atoms with Crippen LogP contribution in [0.3, 0.4) is 0 Å². The van der Waals surface area contributed by atoms with E-state index < -0.39 is 35.1 Å². The average Bonchev–Trinajstić information content (AvgIpc) is 3.94. The molecule has 13 nitrogen and oxygen atoms in total. The first-order valence-corrected chi connectivity index (χ1v) is 20.6. The van der Waals surface area contributed by atoms with Crippen molar-refractivity contribution >= 4 is 50.4 Å². The Kier molecular flexibility index (Phi) is 12.2. The van der Waals surface area contributed by atoms with E-state index >= 15 is 0 Å². The number of fused-ring (bicyclic) bond motifs is 2. The number of hydrogen-bond donors (Lipinski definition) is 0. The van der Waals surface area contributed by atoms with Crippen LogP contribution in [0.2, 0.25) is 0 Å². The van der Waals surface area contributed by atoms with Crippen molar-refractivity contribution in [2.45, 2.75) is 31.0 Å². The number of hydrogen-bond acceptors (Lipinski definition) is 10. The van der Waals surface area contributed by atoms with Gasteiger partial charge in [-0.05, 0) is 54.8 Å². The molecule has 0 bridgehead atoms. The summed E-state index contributed by atoms with van der Waals surface area (Å²) in [5.41, 5.74) is 0.380. The van der Waals surface area contributed by atoms with Crippen LogP contribution in [-0.2, 0) is 23.7 Å². The molecular weight excluding hydrogens is 877 g/mol. The van der Waals surface area contributed by atoms with Crippen LogP contribution >= 0.6 is 11.8 Å². The molecule has 2 aliphatic rings. The maximum absolute atomic E-state index is 13.7. The Morgan fingerprint density at radius 1 is 0.719 bits per heavy atom. The summed E-state index contributed by atoms with van der Waals surface area (Å²) in [4.78, 5) is 16.8. The number of ether oxygens (including phenoxy) is 3. The fourth-order valence-electron chi connectivity index (χ4n) is 7.63. The zero-order valence-electron chi connectivity index (χ0n) is 34.4. The van der Waals surface area contributed by atoms with Crippen LogP contribution in [0, 0.1) is 11.6 Å². The smallest absolute Gasteiger partial charge is 0.418 e. The Hall–Kier alpha value is -6.42. The van der Waals surface area contributed by atoms with Crippen molar-refractivity contribution in [3.8, 4) is 17.4 Å². The van der Waals surface area contributed by atoms with E-state index in [1.54, 1.807) is 57.5 Å². The van der Waals surface area contributed by atoms with Gasteiger partial charge in [0.05, 0.1) is 61.2 Å². The molecule has 2 saturated heterocycles. The zero-order valence-corrected chi connectivity index (χ0v) is 35.2. The summed E-state index contributed by atoms with van der Waals surface area (Å²) in [5.74, 6) is 0.610. The number of halogens is 8. The van der Waals surface area contributed by atoms with Gasteiger partial charge in [0.1, 0.15) is 18.2 Å². The number of aromatic nitrogens is 7. The first-order valence-electron chi connectivity index (χ1n) is 19.4. The lowest BCUT2D eigenvalue weighted by molar-refractivity contribution is -0.137. The minimum atomic E-state index is -4.59. The summed E-state index contributed by atoms with van der Waals surface area (Å²) in [5, 5.41) is 8.97. The molecule has 336 valence electrons. The van der Waals surface area contributed by atoms with Crippen molar-refractivity contribution in [2.75, 3.05) is 58.7 Å². The highest BCUT2D eigenvalue weighted by Crippen LogP contribution is 2.41. The fraction of sp³-hybridized carbons (Fsp3) is 0.310. The van der Waals surface area contributed by atoms with Crippen molar-refractivity contribution in [2.24, 2.45) is 4.99 Å². The normalized spacial score (nSPS) is 15.0. The molecule has 0 unspecified atom stereocenters. The van der Waals surface area contributed by atoms with E-state index in [1.165, 1.54) is 50.2 Å². The molecule has 2 aliphatic heterocycles.